The lowest BCUT2D eigenvalue weighted by Crippen LogP contribution is -2.36. The number of nitrogens with one attached hydrogen (secondary N) is 2. The van der Waals surface area contributed by atoms with Gasteiger partial charge in [-0.1, -0.05) is 12.1 Å². The van der Waals surface area contributed by atoms with Crippen molar-refractivity contribution in [1.29, 1.82) is 0 Å². The zero-order valence-electron chi connectivity index (χ0n) is 14.8. The Balaban J connectivity index is 1.62. The van der Waals surface area contributed by atoms with Crippen LogP contribution in [0.4, 0.5) is 0 Å². The molecule has 0 aromatic heterocycles. The highest BCUT2D eigenvalue weighted by Gasteiger charge is 2.13. The van der Waals surface area contributed by atoms with Gasteiger partial charge in [-0.25, -0.2) is 4.99 Å². The van der Waals surface area contributed by atoms with E-state index in [4.69, 9.17) is 14.2 Å². The molecule has 7 heteroatoms. The molecule has 2 N–H and O–H groups in total. The summed E-state index contributed by atoms with van der Waals surface area (Å²) in [6.07, 6.45) is 0. The van der Waals surface area contributed by atoms with Crippen molar-refractivity contribution in [2.75, 3.05) is 20.4 Å². The van der Waals surface area contributed by atoms with Gasteiger partial charge in [-0.15, -0.1) is 0 Å². The van der Waals surface area contributed by atoms with Crippen LogP contribution in [0.3, 0.4) is 0 Å². The summed E-state index contributed by atoms with van der Waals surface area (Å²) in [7, 11) is 1.65. The lowest BCUT2D eigenvalue weighted by atomic mass is 10.2. The molecule has 0 saturated heterocycles. The second kappa shape index (κ2) is 8.80. The number of aliphatic imine (C=N–C) groups is 1. The zero-order chi connectivity index (χ0) is 18.4. The van der Waals surface area contributed by atoms with Crippen molar-refractivity contribution < 1.29 is 14.2 Å². The monoisotopic (exact) mass is 419 g/mol. The third-order valence-corrected chi connectivity index (χ3v) is 4.50. The Morgan fingerprint density at radius 1 is 1.12 bits per heavy atom. The fraction of sp³-hybridized carbons (Fsp3) is 0.316. The summed E-state index contributed by atoms with van der Waals surface area (Å²) in [6, 6.07) is 11.9. The molecule has 0 saturated carbocycles. The minimum Gasteiger partial charge on any atom is -0.496 e. The second-order valence-corrected chi connectivity index (χ2v) is 6.56. The van der Waals surface area contributed by atoms with Crippen molar-refractivity contribution in [2.45, 2.75) is 20.0 Å². The van der Waals surface area contributed by atoms with E-state index in [2.05, 4.69) is 31.6 Å². The molecule has 0 fully saturated rings. The van der Waals surface area contributed by atoms with E-state index in [1.165, 1.54) is 0 Å². The van der Waals surface area contributed by atoms with Gasteiger partial charge >= 0.3 is 0 Å². The summed E-state index contributed by atoms with van der Waals surface area (Å²) in [5.41, 5.74) is 2.20. The molecule has 2 aromatic carbocycles. The highest BCUT2D eigenvalue weighted by atomic mass is 79.9. The van der Waals surface area contributed by atoms with E-state index in [9.17, 15) is 0 Å². The highest BCUT2D eigenvalue weighted by Crippen LogP contribution is 2.32. The van der Waals surface area contributed by atoms with Crippen LogP contribution in [0.2, 0.25) is 0 Å². The van der Waals surface area contributed by atoms with Crippen LogP contribution >= 0.6 is 15.9 Å². The van der Waals surface area contributed by atoms with Crippen LogP contribution in [0.5, 0.6) is 17.2 Å². The van der Waals surface area contributed by atoms with E-state index in [0.717, 1.165) is 45.4 Å². The van der Waals surface area contributed by atoms with Gasteiger partial charge in [0.05, 0.1) is 18.1 Å². The first-order chi connectivity index (χ1) is 12.7. The maximum atomic E-state index is 5.42. The van der Waals surface area contributed by atoms with Crippen LogP contribution in [0.1, 0.15) is 18.1 Å². The average molecular weight is 420 g/mol. The SMILES string of the molecule is CCNC(=NCc1ccc(OC)c(Br)c1)NCc1ccc2c(c1)OCO2. The first-order valence-electron chi connectivity index (χ1n) is 8.42. The normalized spacial score (nSPS) is 12.8. The molecule has 0 amide bonds. The molecular weight excluding hydrogens is 398 g/mol. The zero-order valence-corrected chi connectivity index (χ0v) is 16.4. The number of rotatable bonds is 6. The Bertz CT molecular complexity index is 796. The molecule has 6 nitrogen and oxygen atoms in total. The van der Waals surface area contributed by atoms with E-state index in [-0.39, 0.29) is 6.79 Å². The number of fused-ring (bicyclic) bond motifs is 1. The number of nitrogens with zero attached hydrogens (tertiary/aromatic N) is 1. The third-order valence-electron chi connectivity index (χ3n) is 3.88. The summed E-state index contributed by atoms with van der Waals surface area (Å²) >= 11 is 3.50. The van der Waals surface area contributed by atoms with E-state index < -0.39 is 0 Å². The molecule has 0 bridgehead atoms. The van der Waals surface area contributed by atoms with Gasteiger partial charge in [0.25, 0.3) is 0 Å². The van der Waals surface area contributed by atoms with Crippen molar-refractivity contribution in [3.63, 3.8) is 0 Å². The number of methoxy groups -OCH3 is 1. The summed E-state index contributed by atoms with van der Waals surface area (Å²) in [5, 5.41) is 6.60. The molecule has 0 spiro atoms. The van der Waals surface area contributed by atoms with E-state index in [1.54, 1.807) is 7.11 Å². The fourth-order valence-electron chi connectivity index (χ4n) is 2.56. The minimum absolute atomic E-state index is 0.285. The molecule has 1 heterocycles. The van der Waals surface area contributed by atoms with Gasteiger partial charge in [0.15, 0.2) is 17.5 Å². The van der Waals surface area contributed by atoms with Crippen LogP contribution in [0.15, 0.2) is 45.9 Å². The van der Waals surface area contributed by atoms with Gasteiger partial charge in [0.2, 0.25) is 6.79 Å². The molecule has 1 aliphatic heterocycles. The van der Waals surface area contributed by atoms with Gasteiger partial charge < -0.3 is 24.8 Å². The molecular formula is C19H22BrN3O3. The first-order valence-corrected chi connectivity index (χ1v) is 9.22. The first kappa shape index (κ1) is 18.4. The number of hydrogen-bond donors (Lipinski definition) is 2. The maximum absolute atomic E-state index is 5.42. The van der Waals surface area contributed by atoms with E-state index >= 15 is 0 Å². The van der Waals surface area contributed by atoms with Crippen LogP contribution in [-0.4, -0.2) is 26.4 Å². The third kappa shape index (κ3) is 4.60. The highest BCUT2D eigenvalue weighted by molar-refractivity contribution is 9.10. The number of ether oxygens (including phenoxy) is 3. The molecule has 0 aliphatic carbocycles. The molecule has 0 unspecified atom stereocenters. The fourth-order valence-corrected chi connectivity index (χ4v) is 3.15. The van der Waals surface area contributed by atoms with Crippen molar-refractivity contribution in [1.82, 2.24) is 10.6 Å². The predicted molar refractivity (Wildman–Crippen MR) is 105 cm³/mol. The molecule has 138 valence electrons. The van der Waals surface area contributed by atoms with Gasteiger partial charge in [-0.2, -0.15) is 0 Å². The summed E-state index contributed by atoms with van der Waals surface area (Å²) < 4.78 is 16.9. The van der Waals surface area contributed by atoms with Crippen LogP contribution < -0.4 is 24.8 Å². The van der Waals surface area contributed by atoms with Crippen LogP contribution in [0.25, 0.3) is 0 Å². The average Bonchev–Trinajstić information content (AvgIpc) is 3.12. The maximum Gasteiger partial charge on any atom is 0.231 e. The van der Waals surface area contributed by atoms with Crippen molar-refractivity contribution in [3.8, 4) is 17.2 Å². The Morgan fingerprint density at radius 2 is 1.92 bits per heavy atom. The number of halogens is 1. The summed E-state index contributed by atoms with van der Waals surface area (Å²) in [5.74, 6) is 3.15. The molecule has 2 aromatic rings. The second-order valence-electron chi connectivity index (χ2n) is 5.71. The largest absolute Gasteiger partial charge is 0.496 e. The van der Waals surface area contributed by atoms with Gasteiger partial charge in [0, 0.05) is 13.1 Å². The summed E-state index contributed by atoms with van der Waals surface area (Å²) in [6.45, 7) is 4.34. The predicted octanol–water partition coefficient (Wildman–Crippen LogP) is 3.44. The number of hydrogen-bond acceptors (Lipinski definition) is 4. The lowest BCUT2D eigenvalue weighted by molar-refractivity contribution is 0.174. The van der Waals surface area contributed by atoms with Gasteiger partial charge in [0.1, 0.15) is 5.75 Å². The smallest absolute Gasteiger partial charge is 0.231 e. The molecule has 0 atom stereocenters. The minimum atomic E-state index is 0.285. The molecule has 3 rings (SSSR count). The standard InChI is InChI=1S/C19H22BrN3O3/c1-3-21-19(22-10-13-4-6-16(24-2)15(20)8-13)23-11-14-5-7-17-18(9-14)26-12-25-17/h4-9H,3,10-12H2,1-2H3,(H2,21,22,23). The Hall–Kier alpha value is -2.41. The van der Waals surface area contributed by atoms with Crippen molar-refractivity contribution >= 4 is 21.9 Å². The van der Waals surface area contributed by atoms with Crippen molar-refractivity contribution in [3.05, 3.63) is 52.0 Å². The van der Waals surface area contributed by atoms with E-state index in [1.807, 2.05) is 43.3 Å². The van der Waals surface area contributed by atoms with Gasteiger partial charge in [-0.3, -0.25) is 0 Å². The van der Waals surface area contributed by atoms with Gasteiger partial charge in [-0.05, 0) is 58.2 Å². The molecule has 0 radical (unpaired) electrons. The quantitative estimate of drug-likeness (QED) is 0.554. The molecule has 26 heavy (non-hydrogen) atoms. The topological polar surface area (TPSA) is 64.1 Å². The molecule has 1 aliphatic rings. The lowest BCUT2D eigenvalue weighted by Gasteiger charge is -2.12. The number of guanidine groups is 1. The van der Waals surface area contributed by atoms with E-state index in [0.29, 0.717) is 13.1 Å². The Morgan fingerprint density at radius 3 is 2.69 bits per heavy atom. The van der Waals surface area contributed by atoms with Crippen LogP contribution in [-0.2, 0) is 13.1 Å². The Labute approximate surface area is 161 Å². The number of benzene rings is 2. The van der Waals surface area contributed by atoms with Crippen molar-refractivity contribution in [2.24, 2.45) is 4.99 Å². The Kier molecular flexibility index (Phi) is 6.22. The van der Waals surface area contributed by atoms with Crippen LogP contribution in [0, 0.1) is 0 Å². The summed E-state index contributed by atoms with van der Waals surface area (Å²) in [4.78, 5) is 4.64.